The van der Waals surface area contributed by atoms with Crippen molar-refractivity contribution in [2.45, 2.75) is 6.42 Å². The van der Waals surface area contributed by atoms with Crippen LogP contribution in [-0.2, 0) is 11.2 Å². The Morgan fingerprint density at radius 2 is 2.25 bits per heavy atom. The van der Waals surface area contributed by atoms with Crippen LogP contribution in [0, 0.1) is 0 Å². The van der Waals surface area contributed by atoms with E-state index in [1.54, 1.807) is 7.11 Å². The number of para-hydroxylation sites is 1. The number of rotatable bonds is 4. The minimum absolute atomic E-state index is 0.263. The highest BCUT2D eigenvalue weighted by molar-refractivity contribution is 5.63. The van der Waals surface area contributed by atoms with Gasteiger partial charge in [0.2, 0.25) is 5.89 Å². The number of hydrogen-bond donors (Lipinski definition) is 0. The third-order valence-corrected chi connectivity index (χ3v) is 2.18. The lowest BCUT2D eigenvalue weighted by Gasteiger charge is -2.03. The monoisotopic (exact) mass is 217 g/mol. The Morgan fingerprint density at radius 3 is 3.00 bits per heavy atom. The lowest BCUT2D eigenvalue weighted by molar-refractivity contribution is -0.107. The van der Waals surface area contributed by atoms with Crippen LogP contribution in [0.1, 0.15) is 5.69 Å². The molecule has 16 heavy (non-hydrogen) atoms. The molecule has 0 N–H and O–H groups in total. The van der Waals surface area contributed by atoms with Gasteiger partial charge in [-0.05, 0) is 12.1 Å². The summed E-state index contributed by atoms with van der Waals surface area (Å²) in [6, 6.07) is 7.44. The van der Waals surface area contributed by atoms with Gasteiger partial charge in [0, 0.05) is 6.42 Å². The van der Waals surface area contributed by atoms with Gasteiger partial charge >= 0.3 is 0 Å². The molecule has 0 unspecified atom stereocenters. The van der Waals surface area contributed by atoms with E-state index < -0.39 is 0 Å². The van der Waals surface area contributed by atoms with Gasteiger partial charge in [0.15, 0.2) is 0 Å². The Bertz CT molecular complexity index is 491. The summed E-state index contributed by atoms with van der Waals surface area (Å²) in [7, 11) is 1.59. The molecule has 0 aliphatic rings. The van der Waals surface area contributed by atoms with Gasteiger partial charge in [0.1, 0.15) is 18.3 Å². The number of benzene rings is 1. The van der Waals surface area contributed by atoms with Crippen LogP contribution in [0.25, 0.3) is 11.5 Å². The first kappa shape index (κ1) is 10.4. The molecule has 0 saturated heterocycles. The summed E-state index contributed by atoms with van der Waals surface area (Å²) in [6.07, 6.45) is 2.54. The molecular formula is C12H11NO3. The number of hydrogen-bond acceptors (Lipinski definition) is 4. The molecule has 82 valence electrons. The standard InChI is InChI=1S/C12H11NO3/c1-15-11-5-3-2-4-10(11)12-13-9(6-7-14)8-16-12/h2-5,7-8H,6H2,1H3. The van der Waals surface area contributed by atoms with Crippen LogP contribution in [0.5, 0.6) is 5.75 Å². The predicted octanol–water partition coefficient (Wildman–Crippen LogP) is 2.09. The summed E-state index contributed by atoms with van der Waals surface area (Å²) in [6.45, 7) is 0. The first-order chi connectivity index (χ1) is 7.85. The Kier molecular flexibility index (Phi) is 3.00. The highest BCUT2D eigenvalue weighted by Crippen LogP contribution is 2.28. The van der Waals surface area contributed by atoms with Gasteiger partial charge in [-0.1, -0.05) is 12.1 Å². The van der Waals surface area contributed by atoms with E-state index in [1.165, 1.54) is 6.26 Å². The molecule has 1 aromatic carbocycles. The molecule has 4 nitrogen and oxygen atoms in total. The SMILES string of the molecule is COc1ccccc1-c1nc(CC=O)co1. The second kappa shape index (κ2) is 4.61. The molecule has 0 aliphatic heterocycles. The van der Waals surface area contributed by atoms with E-state index in [1.807, 2.05) is 24.3 Å². The van der Waals surface area contributed by atoms with Crippen LogP contribution in [0.3, 0.4) is 0 Å². The molecule has 0 fully saturated rings. The van der Waals surface area contributed by atoms with Crippen LogP contribution < -0.4 is 4.74 Å². The van der Waals surface area contributed by atoms with Crippen molar-refractivity contribution in [2.75, 3.05) is 7.11 Å². The molecule has 4 heteroatoms. The van der Waals surface area contributed by atoms with Crippen molar-refractivity contribution < 1.29 is 13.9 Å². The fraction of sp³-hybridized carbons (Fsp3) is 0.167. The highest BCUT2D eigenvalue weighted by atomic mass is 16.5. The average molecular weight is 217 g/mol. The van der Waals surface area contributed by atoms with Crippen LogP contribution in [0.4, 0.5) is 0 Å². The molecule has 0 bridgehead atoms. The zero-order valence-electron chi connectivity index (χ0n) is 8.84. The van der Waals surface area contributed by atoms with E-state index >= 15 is 0 Å². The van der Waals surface area contributed by atoms with E-state index in [0.29, 0.717) is 17.3 Å². The molecule has 0 amide bonds. The van der Waals surface area contributed by atoms with Crippen molar-refractivity contribution in [2.24, 2.45) is 0 Å². The number of ether oxygens (including phenoxy) is 1. The quantitative estimate of drug-likeness (QED) is 0.736. The van der Waals surface area contributed by atoms with E-state index in [4.69, 9.17) is 9.15 Å². The molecule has 0 aliphatic carbocycles. The minimum Gasteiger partial charge on any atom is -0.496 e. The van der Waals surface area contributed by atoms with E-state index in [9.17, 15) is 4.79 Å². The Labute approximate surface area is 92.9 Å². The highest BCUT2D eigenvalue weighted by Gasteiger charge is 2.10. The van der Waals surface area contributed by atoms with Gasteiger partial charge in [-0.2, -0.15) is 0 Å². The van der Waals surface area contributed by atoms with Gasteiger partial charge in [0.25, 0.3) is 0 Å². The minimum atomic E-state index is 0.263. The zero-order chi connectivity index (χ0) is 11.4. The largest absolute Gasteiger partial charge is 0.496 e. The number of aldehydes is 1. The van der Waals surface area contributed by atoms with E-state index in [2.05, 4.69) is 4.98 Å². The molecule has 1 aromatic heterocycles. The van der Waals surface area contributed by atoms with Gasteiger partial charge in [-0.3, -0.25) is 0 Å². The van der Waals surface area contributed by atoms with E-state index in [-0.39, 0.29) is 6.42 Å². The maximum absolute atomic E-state index is 10.3. The number of aromatic nitrogens is 1. The van der Waals surface area contributed by atoms with Gasteiger partial charge in [-0.25, -0.2) is 4.98 Å². The Balaban J connectivity index is 2.38. The number of carbonyl (C=O) groups is 1. The predicted molar refractivity (Wildman–Crippen MR) is 58.3 cm³/mol. The van der Waals surface area contributed by atoms with Crippen molar-refractivity contribution in [1.29, 1.82) is 0 Å². The van der Waals surface area contributed by atoms with Crippen LogP contribution in [0.15, 0.2) is 34.9 Å². The van der Waals surface area contributed by atoms with Crippen molar-refractivity contribution in [3.05, 3.63) is 36.2 Å². The van der Waals surface area contributed by atoms with Gasteiger partial charge < -0.3 is 13.9 Å². The first-order valence-electron chi connectivity index (χ1n) is 4.86. The fourth-order valence-corrected chi connectivity index (χ4v) is 1.43. The second-order valence-corrected chi connectivity index (χ2v) is 3.22. The molecule has 0 saturated carbocycles. The summed E-state index contributed by atoms with van der Waals surface area (Å²) < 4.78 is 10.5. The first-order valence-corrected chi connectivity index (χ1v) is 4.86. The smallest absolute Gasteiger partial charge is 0.229 e. The number of oxazole rings is 1. The number of methoxy groups -OCH3 is 1. The lowest BCUT2D eigenvalue weighted by atomic mass is 10.2. The second-order valence-electron chi connectivity index (χ2n) is 3.22. The van der Waals surface area contributed by atoms with Crippen molar-refractivity contribution in [1.82, 2.24) is 4.98 Å². The van der Waals surface area contributed by atoms with Crippen molar-refractivity contribution in [3.63, 3.8) is 0 Å². The Morgan fingerprint density at radius 1 is 1.44 bits per heavy atom. The third kappa shape index (κ3) is 1.95. The fourth-order valence-electron chi connectivity index (χ4n) is 1.43. The molecule has 1 heterocycles. The molecular weight excluding hydrogens is 206 g/mol. The van der Waals surface area contributed by atoms with Crippen LogP contribution in [0.2, 0.25) is 0 Å². The van der Waals surface area contributed by atoms with Gasteiger partial charge in [-0.15, -0.1) is 0 Å². The molecule has 0 radical (unpaired) electrons. The maximum atomic E-state index is 10.3. The lowest BCUT2D eigenvalue weighted by Crippen LogP contribution is -1.89. The third-order valence-electron chi connectivity index (χ3n) is 2.18. The summed E-state index contributed by atoms with van der Waals surface area (Å²) in [5.74, 6) is 1.16. The van der Waals surface area contributed by atoms with Crippen molar-refractivity contribution >= 4 is 6.29 Å². The van der Waals surface area contributed by atoms with Crippen LogP contribution in [-0.4, -0.2) is 18.4 Å². The Hall–Kier alpha value is -2.10. The van der Waals surface area contributed by atoms with E-state index in [0.717, 1.165) is 11.8 Å². The van der Waals surface area contributed by atoms with Crippen LogP contribution >= 0.6 is 0 Å². The average Bonchev–Trinajstić information content (AvgIpc) is 2.78. The molecule has 0 spiro atoms. The zero-order valence-corrected chi connectivity index (χ0v) is 8.84. The molecule has 2 rings (SSSR count). The summed E-state index contributed by atoms with van der Waals surface area (Å²) in [5, 5.41) is 0. The van der Waals surface area contributed by atoms with Crippen molar-refractivity contribution in [3.8, 4) is 17.2 Å². The normalized spacial score (nSPS) is 10.1. The number of carbonyl (C=O) groups excluding carboxylic acids is 1. The molecule has 0 atom stereocenters. The maximum Gasteiger partial charge on any atom is 0.229 e. The summed E-state index contributed by atoms with van der Waals surface area (Å²) >= 11 is 0. The molecule has 2 aromatic rings. The summed E-state index contributed by atoms with van der Waals surface area (Å²) in [5.41, 5.74) is 1.40. The summed E-state index contributed by atoms with van der Waals surface area (Å²) in [4.78, 5) is 14.5. The number of nitrogens with zero attached hydrogens (tertiary/aromatic N) is 1. The topological polar surface area (TPSA) is 52.3 Å². The van der Waals surface area contributed by atoms with Gasteiger partial charge in [0.05, 0.1) is 18.4 Å².